The normalized spacial score (nSPS) is 13.1. The Morgan fingerprint density at radius 1 is 0.264 bits per heavy atom. The lowest BCUT2D eigenvalue weighted by Gasteiger charge is -2.34. The van der Waals surface area contributed by atoms with Gasteiger partial charge in [0.1, 0.15) is 0 Å². The zero-order valence-electron chi connectivity index (χ0n) is 29.1. The Labute approximate surface area is 309 Å². The molecule has 0 aliphatic heterocycles. The monoisotopic (exact) mass is 670 g/mol. The average molecular weight is 671 g/mol. The number of hydrogen-bond acceptors (Lipinski definition) is 0. The molecule has 0 aromatic heterocycles. The molecule has 0 spiro atoms. The molecule has 0 saturated heterocycles. The summed E-state index contributed by atoms with van der Waals surface area (Å²) in [6.07, 6.45) is 0. The van der Waals surface area contributed by atoms with Gasteiger partial charge in [-0.3, -0.25) is 0 Å². The van der Waals surface area contributed by atoms with Gasteiger partial charge in [-0.1, -0.05) is 182 Å². The van der Waals surface area contributed by atoms with Crippen molar-refractivity contribution in [3.8, 4) is 33.4 Å². The van der Waals surface area contributed by atoms with Crippen LogP contribution in [0.1, 0.15) is 22.3 Å². The molecule has 0 nitrogen and oxygen atoms in total. The number of benzene rings is 10. The third-order valence-corrected chi connectivity index (χ3v) is 11.7. The fourth-order valence-electron chi connectivity index (χ4n) is 9.40. The van der Waals surface area contributed by atoms with Crippen LogP contribution in [0.25, 0.3) is 76.5 Å². The zero-order valence-corrected chi connectivity index (χ0v) is 29.1. The second-order valence-electron chi connectivity index (χ2n) is 14.4. The van der Waals surface area contributed by atoms with Crippen molar-refractivity contribution in [2.24, 2.45) is 0 Å². The van der Waals surface area contributed by atoms with Crippen LogP contribution in [0.3, 0.4) is 0 Å². The molecule has 1 aliphatic carbocycles. The van der Waals surface area contributed by atoms with Gasteiger partial charge in [-0.05, 0) is 123 Å². The van der Waals surface area contributed by atoms with Crippen molar-refractivity contribution >= 4 is 43.1 Å². The van der Waals surface area contributed by atoms with E-state index in [1.807, 2.05) is 0 Å². The Morgan fingerprint density at radius 2 is 0.774 bits per heavy atom. The summed E-state index contributed by atoms with van der Waals surface area (Å²) in [6, 6.07) is 76.8. The second-order valence-corrected chi connectivity index (χ2v) is 14.4. The van der Waals surface area contributed by atoms with Gasteiger partial charge in [0.15, 0.2) is 0 Å². The molecule has 10 aromatic carbocycles. The topological polar surface area (TPSA) is 0 Å². The summed E-state index contributed by atoms with van der Waals surface area (Å²) < 4.78 is 0. The SMILES string of the molecule is c1ccc(C2(c3ccccc3)c3cc(-c4cc5ccccc5c5ccccc45)ccc3-c3c2cc(-c2ccc4ccccc4c2)c2ccccc32)cc1. The van der Waals surface area contributed by atoms with E-state index < -0.39 is 5.41 Å². The van der Waals surface area contributed by atoms with Gasteiger partial charge in [-0.25, -0.2) is 0 Å². The van der Waals surface area contributed by atoms with E-state index in [-0.39, 0.29) is 0 Å². The molecule has 246 valence electrons. The minimum Gasteiger partial charge on any atom is -0.0622 e. The van der Waals surface area contributed by atoms with E-state index in [0.717, 1.165) is 0 Å². The van der Waals surface area contributed by atoms with Gasteiger partial charge < -0.3 is 0 Å². The standard InChI is InChI=1S/C53H34/c1-3-18-40(19-4-1)53(41-20-5-2-6-21-41)50-33-39(48-32-37-17-9-10-22-42(37)43-23-11-12-24-44(43)48)29-30-47(50)52-46-26-14-13-25-45(46)49(34-51(52)53)38-28-27-35-15-7-8-16-36(35)31-38/h1-34H. The maximum atomic E-state index is 2.52. The highest BCUT2D eigenvalue weighted by Crippen LogP contribution is 2.59. The van der Waals surface area contributed by atoms with Crippen molar-refractivity contribution < 1.29 is 0 Å². The van der Waals surface area contributed by atoms with Crippen LogP contribution < -0.4 is 0 Å². The third-order valence-electron chi connectivity index (χ3n) is 11.7. The van der Waals surface area contributed by atoms with E-state index in [1.165, 1.54) is 98.7 Å². The highest BCUT2D eigenvalue weighted by molar-refractivity contribution is 6.15. The molecule has 1 aliphatic rings. The van der Waals surface area contributed by atoms with Crippen molar-refractivity contribution in [1.82, 2.24) is 0 Å². The Balaban J connectivity index is 1.28. The quantitative estimate of drug-likeness (QED) is 0.164. The lowest BCUT2D eigenvalue weighted by atomic mass is 9.67. The molecule has 0 heterocycles. The molecule has 10 aromatic rings. The van der Waals surface area contributed by atoms with E-state index >= 15 is 0 Å². The molecule has 0 N–H and O–H groups in total. The Bertz CT molecular complexity index is 3000. The Hall–Kier alpha value is -6.76. The number of rotatable bonds is 4. The molecule has 0 radical (unpaired) electrons. The minimum atomic E-state index is -0.550. The van der Waals surface area contributed by atoms with Gasteiger partial charge in [0.2, 0.25) is 0 Å². The van der Waals surface area contributed by atoms with Crippen LogP contribution in [-0.4, -0.2) is 0 Å². The molecular weight excluding hydrogens is 637 g/mol. The molecule has 11 rings (SSSR count). The summed E-state index contributed by atoms with van der Waals surface area (Å²) in [5.74, 6) is 0. The molecule has 0 amide bonds. The maximum absolute atomic E-state index is 2.52. The van der Waals surface area contributed by atoms with Crippen LogP contribution in [0.4, 0.5) is 0 Å². The lowest BCUT2D eigenvalue weighted by molar-refractivity contribution is 0.769. The predicted molar refractivity (Wildman–Crippen MR) is 225 cm³/mol. The van der Waals surface area contributed by atoms with Gasteiger partial charge in [0, 0.05) is 0 Å². The van der Waals surface area contributed by atoms with Gasteiger partial charge in [0.25, 0.3) is 0 Å². The summed E-state index contributed by atoms with van der Waals surface area (Å²) in [7, 11) is 0. The number of fused-ring (bicyclic) bond motifs is 9. The van der Waals surface area contributed by atoms with Gasteiger partial charge in [-0.2, -0.15) is 0 Å². The fraction of sp³-hybridized carbons (Fsp3) is 0.0189. The molecule has 0 unspecified atom stereocenters. The molecule has 0 fully saturated rings. The van der Waals surface area contributed by atoms with Crippen molar-refractivity contribution in [2.75, 3.05) is 0 Å². The summed E-state index contributed by atoms with van der Waals surface area (Å²) in [5.41, 5.74) is 12.2. The fourth-order valence-corrected chi connectivity index (χ4v) is 9.40. The van der Waals surface area contributed by atoms with Gasteiger partial charge in [-0.15, -0.1) is 0 Å². The predicted octanol–water partition coefficient (Wildman–Crippen LogP) is 14.0. The van der Waals surface area contributed by atoms with Crippen LogP contribution in [0.5, 0.6) is 0 Å². The lowest BCUT2D eigenvalue weighted by Crippen LogP contribution is -2.28. The van der Waals surface area contributed by atoms with E-state index in [2.05, 4.69) is 206 Å². The van der Waals surface area contributed by atoms with Crippen LogP contribution in [0, 0.1) is 0 Å². The smallest absolute Gasteiger partial charge is 0.0622 e. The molecule has 0 bridgehead atoms. The van der Waals surface area contributed by atoms with Crippen LogP contribution >= 0.6 is 0 Å². The molecule has 0 heteroatoms. The Kier molecular flexibility index (Phi) is 6.57. The highest BCUT2D eigenvalue weighted by atomic mass is 14.5. The largest absolute Gasteiger partial charge is 0.0714 e. The summed E-state index contributed by atoms with van der Waals surface area (Å²) in [5, 5.41) is 10.2. The summed E-state index contributed by atoms with van der Waals surface area (Å²) >= 11 is 0. The van der Waals surface area contributed by atoms with E-state index in [9.17, 15) is 0 Å². The molecule has 0 saturated carbocycles. The maximum Gasteiger partial charge on any atom is 0.0714 e. The summed E-state index contributed by atoms with van der Waals surface area (Å²) in [4.78, 5) is 0. The third kappa shape index (κ3) is 4.36. The first-order chi connectivity index (χ1) is 26.3. The Morgan fingerprint density at radius 3 is 1.49 bits per heavy atom. The van der Waals surface area contributed by atoms with Crippen molar-refractivity contribution in [3.63, 3.8) is 0 Å². The van der Waals surface area contributed by atoms with Crippen molar-refractivity contribution in [1.29, 1.82) is 0 Å². The first-order valence-electron chi connectivity index (χ1n) is 18.5. The van der Waals surface area contributed by atoms with E-state index in [1.54, 1.807) is 0 Å². The summed E-state index contributed by atoms with van der Waals surface area (Å²) in [6.45, 7) is 0. The average Bonchev–Trinajstić information content (AvgIpc) is 3.54. The minimum absolute atomic E-state index is 0.550. The molecule has 0 atom stereocenters. The first-order valence-corrected chi connectivity index (χ1v) is 18.5. The molecule has 53 heavy (non-hydrogen) atoms. The van der Waals surface area contributed by atoms with E-state index in [4.69, 9.17) is 0 Å². The van der Waals surface area contributed by atoms with Crippen LogP contribution in [0.2, 0.25) is 0 Å². The molecular formula is C53H34. The van der Waals surface area contributed by atoms with Crippen molar-refractivity contribution in [3.05, 3.63) is 229 Å². The van der Waals surface area contributed by atoms with Crippen LogP contribution in [-0.2, 0) is 5.41 Å². The van der Waals surface area contributed by atoms with Crippen LogP contribution in [0.15, 0.2) is 206 Å². The van der Waals surface area contributed by atoms with Gasteiger partial charge >= 0.3 is 0 Å². The van der Waals surface area contributed by atoms with E-state index in [0.29, 0.717) is 0 Å². The van der Waals surface area contributed by atoms with Gasteiger partial charge in [0.05, 0.1) is 5.41 Å². The van der Waals surface area contributed by atoms with Crippen molar-refractivity contribution in [2.45, 2.75) is 5.41 Å². The second kappa shape index (κ2) is 11.6. The highest BCUT2D eigenvalue weighted by Gasteiger charge is 2.47. The number of hydrogen-bond donors (Lipinski definition) is 0. The zero-order chi connectivity index (χ0) is 34.9. The first kappa shape index (κ1) is 29.9.